The second-order valence-electron chi connectivity index (χ2n) is 8.00. The lowest BCUT2D eigenvalue weighted by Gasteiger charge is -2.15. The molecule has 0 aliphatic rings. The van der Waals surface area contributed by atoms with Gasteiger partial charge in [-0.1, -0.05) is 48.5 Å². The van der Waals surface area contributed by atoms with Gasteiger partial charge in [-0.25, -0.2) is 13.4 Å². The molecule has 0 saturated carbocycles. The van der Waals surface area contributed by atoms with Gasteiger partial charge in [0, 0.05) is 29.6 Å². The minimum absolute atomic E-state index is 0.288. The molecule has 0 aliphatic heterocycles. The Kier molecular flexibility index (Phi) is 5.82. The van der Waals surface area contributed by atoms with Gasteiger partial charge in [-0.3, -0.25) is 4.98 Å². The summed E-state index contributed by atoms with van der Waals surface area (Å²) in [5.41, 5.74) is 4.96. The molecule has 0 fully saturated rings. The van der Waals surface area contributed by atoms with Crippen molar-refractivity contribution in [3.63, 3.8) is 0 Å². The lowest BCUT2D eigenvalue weighted by molar-refractivity contribution is 0.302. The Labute approximate surface area is 198 Å². The monoisotopic (exact) mass is 466 g/mol. The third-order valence-electron chi connectivity index (χ3n) is 5.60. The summed E-state index contributed by atoms with van der Waals surface area (Å²) >= 11 is 0. The number of ether oxygens (including phenoxy) is 1. The first-order chi connectivity index (χ1) is 16.5. The molecule has 0 radical (unpaired) electrons. The van der Waals surface area contributed by atoms with Crippen LogP contribution in [-0.2, 0) is 16.4 Å². The van der Waals surface area contributed by atoms with E-state index in [2.05, 4.69) is 9.97 Å². The van der Waals surface area contributed by atoms with Gasteiger partial charge in [0.1, 0.15) is 12.4 Å². The van der Waals surface area contributed by atoms with E-state index in [1.807, 2.05) is 78.9 Å². The summed E-state index contributed by atoms with van der Waals surface area (Å²) in [4.78, 5) is 9.01. The van der Waals surface area contributed by atoms with E-state index in [4.69, 9.17) is 4.74 Å². The molecule has 5 rings (SSSR count). The van der Waals surface area contributed by atoms with Crippen LogP contribution >= 0.6 is 0 Å². The van der Waals surface area contributed by atoms with Gasteiger partial charge >= 0.3 is 0 Å². The van der Waals surface area contributed by atoms with Crippen molar-refractivity contribution in [1.29, 1.82) is 0 Å². The summed E-state index contributed by atoms with van der Waals surface area (Å²) in [6.45, 7) is 0.340. The van der Waals surface area contributed by atoms with Gasteiger partial charge in [-0.05, 0) is 59.2 Å². The van der Waals surface area contributed by atoms with Gasteiger partial charge in [-0.15, -0.1) is 0 Å². The Morgan fingerprint density at radius 1 is 0.765 bits per heavy atom. The zero-order valence-electron chi connectivity index (χ0n) is 18.5. The van der Waals surface area contributed by atoms with Crippen molar-refractivity contribution in [2.75, 3.05) is 6.26 Å². The van der Waals surface area contributed by atoms with Gasteiger partial charge in [0.2, 0.25) is 0 Å². The fraction of sp³-hybridized carbons (Fsp3) is 0.0714. The number of hydrogen-bond donors (Lipinski definition) is 0. The lowest BCUT2D eigenvalue weighted by atomic mass is 9.95. The van der Waals surface area contributed by atoms with Gasteiger partial charge < -0.3 is 4.74 Å². The largest absolute Gasteiger partial charge is 0.487 e. The summed E-state index contributed by atoms with van der Waals surface area (Å²) in [5.74, 6) is 0.681. The van der Waals surface area contributed by atoms with E-state index in [0.29, 0.717) is 17.9 Å². The number of rotatable bonds is 6. The van der Waals surface area contributed by atoms with Crippen LogP contribution in [0.25, 0.3) is 33.2 Å². The minimum Gasteiger partial charge on any atom is -0.487 e. The first-order valence-electron chi connectivity index (χ1n) is 10.8. The lowest BCUT2D eigenvalue weighted by Crippen LogP contribution is -2.02. The number of nitrogens with zero attached hydrogens (tertiary/aromatic N) is 2. The third kappa shape index (κ3) is 4.54. The van der Waals surface area contributed by atoms with Crippen molar-refractivity contribution < 1.29 is 13.2 Å². The van der Waals surface area contributed by atoms with E-state index in [1.54, 1.807) is 24.5 Å². The van der Waals surface area contributed by atoms with Crippen molar-refractivity contribution in [3.05, 3.63) is 109 Å². The van der Waals surface area contributed by atoms with Gasteiger partial charge in [0.25, 0.3) is 0 Å². The Morgan fingerprint density at radius 3 is 2.29 bits per heavy atom. The highest BCUT2D eigenvalue weighted by atomic mass is 32.2. The molecule has 0 unspecified atom stereocenters. The van der Waals surface area contributed by atoms with Gasteiger partial charge in [0.05, 0.1) is 16.1 Å². The molecular formula is C28H22N2O3S. The van der Waals surface area contributed by atoms with Crippen LogP contribution in [0.5, 0.6) is 5.75 Å². The van der Waals surface area contributed by atoms with Crippen molar-refractivity contribution in [2.45, 2.75) is 11.5 Å². The summed E-state index contributed by atoms with van der Waals surface area (Å²) in [6, 6.07) is 28.5. The smallest absolute Gasteiger partial charge is 0.176 e. The molecule has 34 heavy (non-hydrogen) atoms. The Balaban J connectivity index is 1.46. The molecule has 0 N–H and O–H groups in total. The van der Waals surface area contributed by atoms with E-state index in [0.717, 1.165) is 33.3 Å². The predicted octanol–water partition coefficient (Wildman–Crippen LogP) is 5.95. The third-order valence-corrected chi connectivity index (χ3v) is 6.74. The first kappa shape index (κ1) is 21.8. The number of pyridine rings is 2. The summed E-state index contributed by atoms with van der Waals surface area (Å²) < 4.78 is 31.1. The fourth-order valence-electron chi connectivity index (χ4n) is 3.97. The maximum absolute atomic E-state index is 12.6. The number of benzene rings is 3. The molecule has 0 atom stereocenters. The molecule has 0 bridgehead atoms. The van der Waals surface area contributed by atoms with Crippen molar-refractivity contribution >= 4 is 20.7 Å². The second-order valence-corrected chi connectivity index (χ2v) is 9.98. The molecule has 5 aromatic rings. The quantitative estimate of drug-likeness (QED) is 0.309. The number of hydrogen-bond acceptors (Lipinski definition) is 5. The standard InChI is InChI=1S/C28H22N2O3S/c1-34(31,32)27-8-4-6-25(20-15-17-29-18-16-20)28(27)22-10-13-24(14-11-22)33-19-23-12-9-21-5-2-3-7-26(21)30-23/h2-18H,19H2,1H3. The van der Waals surface area contributed by atoms with Gasteiger partial charge in [-0.2, -0.15) is 0 Å². The topological polar surface area (TPSA) is 69.2 Å². The average molecular weight is 467 g/mol. The second kappa shape index (κ2) is 9.08. The van der Waals surface area contributed by atoms with Crippen molar-refractivity contribution in [3.8, 4) is 28.0 Å². The van der Waals surface area contributed by atoms with Crippen LogP contribution in [-0.4, -0.2) is 24.6 Å². The van der Waals surface area contributed by atoms with Crippen LogP contribution in [0.2, 0.25) is 0 Å². The SMILES string of the molecule is CS(=O)(=O)c1cccc(-c2ccncc2)c1-c1ccc(OCc2ccc3ccccc3n2)cc1. The summed E-state index contributed by atoms with van der Waals surface area (Å²) in [6.07, 6.45) is 4.63. The zero-order chi connectivity index (χ0) is 23.5. The van der Waals surface area contributed by atoms with E-state index in [9.17, 15) is 8.42 Å². The van der Waals surface area contributed by atoms with E-state index in [1.165, 1.54) is 6.26 Å². The molecule has 0 saturated heterocycles. The maximum Gasteiger partial charge on any atom is 0.176 e. The molecule has 0 spiro atoms. The molecule has 5 nitrogen and oxygen atoms in total. The van der Waals surface area contributed by atoms with Crippen LogP contribution in [0.3, 0.4) is 0 Å². The number of para-hydroxylation sites is 1. The van der Waals surface area contributed by atoms with E-state index >= 15 is 0 Å². The van der Waals surface area contributed by atoms with Gasteiger partial charge in [0.15, 0.2) is 9.84 Å². The van der Waals surface area contributed by atoms with E-state index < -0.39 is 9.84 Å². The maximum atomic E-state index is 12.6. The Hall–Kier alpha value is -4.03. The highest BCUT2D eigenvalue weighted by molar-refractivity contribution is 7.90. The summed E-state index contributed by atoms with van der Waals surface area (Å²) in [7, 11) is -3.44. The van der Waals surface area contributed by atoms with Crippen LogP contribution < -0.4 is 4.74 Å². The molecule has 0 amide bonds. The van der Waals surface area contributed by atoms with Crippen LogP contribution in [0, 0.1) is 0 Å². The van der Waals surface area contributed by atoms with Crippen LogP contribution in [0.1, 0.15) is 5.69 Å². The molecule has 6 heteroatoms. The normalized spacial score (nSPS) is 11.4. The molecular weight excluding hydrogens is 444 g/mol. The molecule has 3 aromatic carbocycles. The molecule has 168 valence electrons. The van der Waals surface area contributed by atoms with Crippen molar-refractivity contribution in [1.82, 2.24) is 9.97 Å². The van der Waals surface area contributed by atoms with Crippen LogP contribution in [0.15, 0.2) is 108 Å². The minimum atomic E-state index is -3.44. The van der Waals surface area contributed by atoms with Crippen LogP contribution in [0.4, 0.5) is 0 Å². The fourth-order valence-corrected chi connectivity index (χ4v) is 4.90. The summed E-state index contributed by atoms with van der Waals surface area (Å²) in [5, 5.41) is 1.09. The number of fused-ring (bicyclic) bond motifs is 1. The Bertz CT molecular complexity index is 1570. The van der Waals surface area contributed by atoms with Crippen molar-refractivity contribution in [2.24, 2.45) is 0 Å². The highest BCUT2D eigenvalue weighted by Gasteiger charge is 2.19. The predicted molar refractivity (Wildman–Crippen MR) is 134 cm³/mol. The molecule has 2 aromatic heterocycles. The highest BCUT2D eigenvalue weighted by Crippen LogP contribution is 2.37. The first-order valence-corrected chi connectivity index (χ1v) is 12.7. The average Bonchev–Trinajstić information content (AvgIpc) is 2.87. The number of aromatic nitrogens is 2. The Morgan fingerprint density at radius 2 is 1.53 bits per heavy atom. The van der Waals surface area contributed by atoms with E-state index in [-0.39, 0.29) is 4.90 Å². The molecule has 2 heterocycles. The number of sulfone groups is 1. The molecule has 0 aliphatic carbocycles. The zero-order valence-corrected chi connectivity index (χ0v) is 19.4.